The van der Waals surface area contributed by atoms with Crippen LogP contribution in [0.4, 0.5) is 11.1 Å². The number of piperazine rings is 1. The molecule has 14 heteroatoms. The summed E-state index contributed by atoms with van der Waals surface area (Å²) in [7, 11) is -3.34. The lowest BCUT2D eigenvalue weighted by molar-refractivity contribution is -0.110. The molecule has 0 bridgehead atoms. The molecule has 12 nitrogen and oxygen atoms in total. The molecule has 6 rings (SSSR count). The molecule has 1 N–H and O–H groups in total. The molecule has 1 saturated carbocycles. The number of anilines is 2. The number of sulfone groups is 1. The first-order valence-corrected chi connectivity index (χ1v) is 16.0. The van der Waals surface area contributed by atoms with Crippen LogP contribution in [0, 0.1) is 0 Å². The number of nitrogens with zero attached hydrogens (tertiary/aromatic N) is 6. The number of carbonyl (C=O) groups excluding carboxylic acids is 1. The molecule has 4 heterocycles. The molecule has 1 amide bonds. The fraction of sp³-hybridized carbons (Fsp3) is 0.444. The van der Waals surface area contributed by atoms with Gasteiger partial charge in [0.1, 0.15) is 0 Å². The van der Waals surface area contributed by atoms with Gasteiger partial charge in [-0.25, -0.2) is 23.4 Å². The Balaban J connectivity index is 1.10. The molecule has 3 aromatic rings. The zero-order valence-electron chi connectivity index (χ0n) is 22.4. The molecular weight excluding hydrogens is 566 g/mol. The van der Waals surface area contributed by atoms with Crippen molar-refractivity contribution in [2.24, 2.45) is 5.16 Å². The van der Waals surface area contributed by atoms with Crippen molar-refractivity contribution in [2.75, 3.05) is 49.6 Å². The topological polar surface area (TPSA) is 139 Å². The molecule has 216 valence electrons. The number of hydrogen-bond donors (Lipinski definition) is 1. The van der Waals surface area contributed by atoms with Crippen LogP contribution in [-0.2, 0) is 30.8 Å². The van der Waals surface area contributed by atoms with Gasteiger partial charge in [-0.2, -0.15) is 0 Å². The van der Waals surface area contributed by atoms with Gasteiger partial charge in [0.2, 0.25) is 5.95 Å². The Morgan fingerprint density at radius 1 is 1.07 bits per heavy atom. The molecule has 2 aliphatic heterocycles. The quantitative estimate of drug-likeness (QED) is 0.274. The highest BCUT2D eigenvalue weighted by Gasteiger charge is 2.37. The van der Waals surface area contributed by atoms with E-state index in [2.05, 4.69) is 35.2 Å². The first-order chi connectivity index (χ1) is 20.0. The van der Waals surface area contributed by atoms with Crippen molar-refractivity contribution in [1.82, 2.24) is 19.9 Å². The van der Waals surface area contributed by atoms with E-state index < -0.39 is 15.7 Å². The Labute approximate surface area is 242 Å². The lowest BCUT2D eigenvalue weighted by Crippen LogP contribution is -2.46. The molecule has 2 aromatic heterocycles. The van der Waals surface area contributed by atoms with Crippen molar-refractivity contribution in [3.8, 4) is 0 Å². The summed E-state index contributed by atoms with van der Waals surface area (Å²) in [5.41, 5.74) is 0.497. The first kappa shape index (κ1) is 27.7. The lowest BCUT2D eigenvalue weighted by Gasteiger charge is -2.34. The van der Waals surface area contributed by atoms with E-state index in [1.807, 2.05) is 6.07 Å². The van der Waals surface area contributed by atoms with Gasteiger partial charge < -0.3 is 14.5 Å². The molecule has 2 saturated heterocycles. The number of rotatable bonds is 10. The summed E-state index contributed by atoms with van der Waals surface area (Å²) in [4.78, 5) is 37.8. The molecular formula is C27H31N7O5S2. The van der Waals surface area contributed by atoms with Crippen LogP contribution in [0.15, 0.2) is 59.0 Å². The van der Waals surface area contributed by atoms with Gasteiger partial charge in [-0.15, -0.1) is 11.3 Å². The molecule has 1 aliphatic carbocycles. The van der Waals surface area contributed by atoms with E-state index in [1.165, 1.54) is 23.5 Å². The smallest absolute Gasteiger partial charge is 0.280 e. The zero-order valence-corrected chi connectivity index (χ0v) is 24.0. The third kappa shape index (κ3) is 6.72. The molecule has 1 atom stereocenters. The fourth-order valence-corrected chi connectivity index (χ4v) is 7.20. The first-order valence-electron chi connectivity index (χ1n) is 13.6. The largest absolute Gasteiger partial charge is 0.389 e. The Morgan fingerprint density at radius 2 is 1.83 bits per heavy atom. The maximum atomic E-state index is 13.4. The summed E-state index contributed by atoms with van der Waals surface area (Å²) in [6.07, 6.45) is 7.08. The minimum Gasteiger partial charge on any atom is -0.389 e. The van der Waals surface area contributed by atoms with Crippen LogP contribution in [0.25, 0.3) is 0 Å². The zero-order chi connectivity index (χ0) is 28.2. The van der Waals surface area contributed by atoms with E-state index in [1.54, 1.807) is 30.7 Å². The normalized spacial score (nSPS) is 20.2. The summed E-state index contributed by atoms with van der Waals surface area (Å²) >= 11 is 1.41. The second-order valence-electron chi connectivity index (χ2n) is 10.2. The number of thiazole rings is 1. The monoisotopic (exact) mass is 597 g/mol. The van der Waals surface area contributed by atoms with Crippen LogP contribution >= 0.6 is 11.3 Å². The average Bonchev–Trinajstić information content (AvgIpc) is 3.58. The van der Waals surface area contributed by atoms with Gasteiger partial charge in [-0.05, 0) is 31.0 Å². The number of benzene rings is 1. The predicted octanol–water partition coefficient (Wildman–Crippen LogP) is 2.34. The van der Waals surface area contributed by atoms with Crippen LogP contribution < -0.4 is 10.2 Å². The van der Waals surface area contributed by atoms with Crippen molar-refractivity contribution in [1.29, 1.82) is 0 Å². The number of aromatic nitrogens is 3. The number of carbonyl (C=O) groups is 1. The van der Waals surface area contributed by atoms with E-state index in [9.17, 15) is 13.2 Å². The summed E-state index contributed by atoms with van der Waals surface area (Å²) < 4.78 is 30.6. The van der Waals surface area contributed by atoms with Crippen LogP contribution in [0.1, 0.15) is 29.7 Å². The SMILES string of the molecule is O=C(Nc1ncc(CN2CCN(c3ncccn3)CC2)s1)/C(=N/O[C@@H]1CCOC1)c1ccc(S(=O)(=O)C2CC2)cc1. The molecule has 3 aliphatic rings. The summed E-state index contributed by atoms with van der Waals surface area (Å²) in [6.45, 7) is 5.09. The third-order valence-corrected chi connectivity index (χ3v) is 10.4. The van der Waals surface area contributed by atoms with Crippen molar-refractivity contribution in [2.45, 2.75) is 42.1 Å². The minimum atomic E-state index is -3.34. The summed E-state index contributed by atoms with van der Waals surface area (Å²) in [5, 5.41) is 7.15. The molecule has 41 heavy (non-hydrogen) atoms. The Kier molecular flexibility index (Phi) is 8.23. The van der Waals surface area contributed by atoms with Gasteiger partial charge in [0.25, 0.3) is 5.91 Å². The van der Waals surface area contributed by atoms with E-state index >= 15 is 0 Å². The van der Waals surface area contributed by atoms with E-state index in [4.69, 9.17) is 9.57 Å². The van der Waals surface area contributed by atoms with Crippen LogP contribution in [0.2, 0.25) is 0 Å². The van der Waals surface area contributed by atoms with E-state index in [-0.39, 0.29) is 22.0 Å². The number of ether oxygens (including phenoxy) is 1. The summed E-state index contributed by atoms with van der Waals surface area (Å²) in [5.74, 6) is 0.259. The number of hydrogen-bond acceptors (Lipinski definition) is 12. The third-order valence-electron chi connectivity index (χ3n) is 7.18. The predicted molar refractivity (Wildman–Crippen MR) is 154 cm³/mol. The van der Waals surface area contributed by atoms with E-state index in [0.717, 1.165) is 43.5 Å². The minimum absolute atomic E-state index is 0.0447. The maximum Gasteiger partial charge on any atom is 0.280 e. The number of nitrogens with one attached hydrogen (secondary N) is 1. The van der Waals surface area contributed by atoms with Gasteiger partial charge in [0, 0.05) is 68.2 Å². The average molecular weight is 598 g/mol. The Morgan fingerprint density at radius 3 is 2.51 bits per heavy atom. The highest BCUT2D eigenvalue weighted by atomic mass is 32.2. The van der Waals surface area contributed by atoms with Gasteiger partial charge >= 0.3 is 0 Å². The maximum absolute atomic E-state index is 13.4. The second-order valence-corrected chi connectivity index (χ2v) is 13.5. The number of amides is 1. The van der Waals surface area contributed by atoms with Gasteiger partial charge in [-0.3, -0.25) is 15.0 Å². The van der Waals surface area contributed by atoms with Gasteiger partial charge in [-0.1, -0.05) is 17.3 Å². The summed E-state index contributed by atoms with van der Waals surface area (Å²) in [6, 6.07) is 8.04. The molecule has 0 radical (unpaired) electrons. The highest BCUT2D eigenvalue weighted by molar-refractivity contribution is 7.92. The fourth-order valence-electron chi connectivity index (χ4n) is 4.70. The standard InChI is InChI=1S/C27H31N7O5S2/c35-25(31-27-30-16-21(40-27)17-33-11-13-34(14-12-33)26-28-9-1-10-29-26)24(32-39-20-8-15-38-18-20)19-2-4-22(5-3-19)41(36,37)23-6-7-23/h1-5,9-10,16,20,23H,6-8,11-15,17-18H2,(H,30,31,35)/b32-24+/t20-/m1/s1. The van der Waals surface area contributed by atoms with Crippen LogP contribution in [-0.4, -0.2) is 90.6 Å². The van der Waals surface area contributed by atoms with Gasteiger partial charge in [0.05, 0.1) is 23.4 Å². The Bertz CT molecular complexity index is 1480. The van der Waals surface area contributed by atoms with Crippen molar-refractivity contribution < 1.29 is 22.8 Å². The van der Waals surface area contributed by atoms with Crippen LogP contribution in [0.3, 0.4) is 0 Å². The van der Waals surface area contributed by atoms with Gasteiger partial charge in [0.15, 0.2) is 26.8 Å². The van der Waals surface area contributed by atoms with Crippen molar-refractivity contribution in [3.63, 3.8) is 0 Å². The molecule has 3 fully saturated rings. The second kappa shape index (κ2) is 12.2. The molecule has 0 unspecified atom stereocenters. The van der Waals surface area contributed by atoms with Crippen LogP contribution in [0.5, 0.6) is 0 Å². The van der Waals surface area contributed by atoms with E-state index in [0.29, 0.717) is 43.2 Å². The van der Waals surface area contributed by atoms with Crippen molar-refractivity contribution >= 4 is 43.9 Å². The number of oxime groups is 1. The van der Waals surface area contributed by atoms with Crippen molar-refractivity contribution in [3.05, 3.63) is 59.4 Å². The lowest BCUT2D eigenvalue weighted by atomic mass is 10.1. The molecule has 1 aromatic carbocycles. The molecule has 0 spiro atoms. The Hall–Kier alpha value is -3.46. The highest BCUT2D eigenvalue weighted by Crippen LogP contribution is 2.33.